The molecule has 0 spiro atoms. The van der Waals surface area contributed by atoms with Gasteiger partial charge in [0, 0.05) is 17.9 Å². The van der Waals surface area contributed by atoms with E-state index in [-0.39, 0.29) is 29.3 Å². The van der Waals surface area contributed by atoms with Crippen molar-refractivity contribution >= 4 is 17.8 Å². The predicted molar refractivity (Wildman–Crippen MR) is 104 cm³/mol. The number of rotatable bonds is 4. The Bertz CT molecular complexity index is 722. The zero-order valence-corrected chi connectivity index (χ0v) is 17.9. The number of nitrogens with one attached hydrogen (secondary N) is 1. The molecule has 28 heavy (non-hydrogen) atoms. The molecule has 1 saturated carbocycles. The summed E-state index contributed by atoms with van der Waals surface area (Å²) in [6.07, 6.45) is 2.99. The maximum absolute atomic E-state index is 13.0. The van der Waals surface area contributed by atoms with Gasteiger partial charge in [0.15, 0.2) is 0 Å². The summed E-state index contributed by atoms with van der Waals surface area (Å²) in [5.41, 5.74) is 1.46. The molecule has 2 aliphatic carbocycles. The Labute approximate surface area is 167 Å². The monoisotopic (exact) mass is 391 g/mol. The summed E-state index contributed by atoms with van der Waals surface area (Å²) < 4.78 is 11.4. The van der Waals surface area contributed by atoms with Crippen LogP contribution in [0.25, 0.3) is 0 Å². The van der Waals surface area contributed by atoms with E-state index in [4.69, 9.17) is 9.47 Å². The molecule has 1 aliphatic heterocycles. The molecule has 0 saturated heterocycles. The van der Waals surface area contributed by atoms with E-state index in [0.29, 0.717) is 12.5 Å². The molecule has 1 fully saturated rings. The third-order valence-electron chi connectivity index (χ3n) is 7.22. The summed E-state index contributed by atoms with van der Waals surface area (Å²) in [6, 6.07) is -0.673. The highest BCUT2D eigenvalue weighted by Crippen LogP contribution is 2.61. The molecule has 0 radical (unpaired) electrons. The van der Waals surface area contributed by atoms with Crippen LogP contribution in [0.3, 0.4) is 0 Å². The maximum Gasteiger partial charge on any atom is 0.334 e. The predicted octanol–water partition coefficient (Wildman–Crippen LogP) is 3.15. The topological polar surface area (TPSA) is 81.7 Å². The number of hydrogen-bond acceptors (Lipinski definition) is 5. The third-order valence-corrected chi connectivity index (χ3v) is 7.22. The second-order valence-corrected chi connectivity index (χ2v) is 9.78. The Kier molecular flexibility index (Phi) is 5.36. The van der Waals surface area contributed by atoms with E-state index in [2.05, 4.69) is 26.1 Å². The van der Waals surface area contributed by atoms with E-state index in [1.807, 2.05) is 13.8 Å². The standard InChI is InChI=1S/C22H33NO5/c1-12(2)18(23-13(3)24)20(26)28-17-9-10-21(4,5)16-8-7-14-15(22(16,17)6)11-27-19(14)25/h12,16-18H,7-11H2,1-6H3,(H,23,24)/t16-,17-,18+,22+/m1/s1. The molecule has 0 unspecified atom stereocenters. The molecule has 6 heteroatoms. The minimum absolute atomic E-state index is 0.0717. The average molecular weight is 392 g/mol. The third kappa shape index (κ3) is 3.35. The lowest BCUT2D eigenvalue weighted by molar-refractivity contribution is -0.172. The van der Waals surface area contributed by atoms with Gasteiger partial charge in [0.25, 0.3) is 0 Å². The molecule has 0 bridgehead atoms. The number of cyclic esters (lactones) is 1. The Morgan fingerprint density at radius 1 is 1.21 bits per heavy atom. The van der Waals surface area contributed by atoms with Crippen LogP contribution in [0.2, 0.25) is 0 Å². The van der Waals surface area contributed by atoms with E-state index in [1.54, 1.807) is 0 Å². The SMILES string of the molecule is CC(=O)N[C@H](C(=O)O[C@@H]1CCC(C)(C)[C@H]2CCC3=C(COC3=O)[C@@]21C)C(C)C. The van der Waals surface area contributed by atoms with E-state index >= 15 is 0 Å². The molecule has 1 N–H and O–H groups in total. The van der Waals surface area contributed by atoms with Crippen LogP contribution < -0.4 is 5.32 Å². The van der Waals surface area contributed by atoms with Gasteiger partial charge in [0.05, 0.1) is 0 Å². The molecule has 0 aromatic rings. The lowest BCUT2D eigenvalue weighted by atomic mass is 9.49. The van der Waals surface area contributed by atoms with Crippen LogP contribution in [-0.2, 0) is 23.9 Å². The van der Waals surface area contributed by atoms with Crippen molar-refractivity contribution in [2.24, 2.45) is 22.7 Å². The van der Waals surface area contributed by atoms with Gasteiger partial charge < -0.3 is 14.8 Å². The van der Waals surface area contributed by atoms with Crippen LogP contribution in [-0.4, -0.2) is 36.6 Å². The normalized spacial score (nSPS) is 32.3. The van der Waals surface area contributed by atoms with Crippen LogP contribution in [0.15, 0.2) is 11.1 Å². The second-order valence-electron chi connectivity index (χ2n) is 9.78. The smallest absolute Gasteiger partial charge is 0.334 e. The molecule has 6 nitrogen and oxygen atoms in total. The lowest BCUT2D eigenvalue weighted by Crippen LogP contribution is -2.56. The molecule has 1 heterocycles. The highest BCUT2D eigenvalue weighted by atomic mass is 16.6. The van der Waals surface area contributed by atoms with Crippen LogP contribution >= 0.6 is 0 Å². The van der Waals surface area contributed by atoms with Gasteiger partial charge in [0.2, 0.25) is 5.91 Å². The first-order valence-corrected chi connectivity index (χ1v) is 10.4. The van der Waals surface area contributed by atoms with E-state index in [0.717, 1.165) is 36.8 Å². The molecule has 0 aromatic carbocycles. The molecular weight excluding hydrogens is 358 g/mol. The van der Waals surface area contributed by atoms with Gasteiger partial charge >= 0.3 is 11.9 Å². The summed E-state index contributed by atoms with van der Waals surface area (Å²) in [6.45, 7) is 12.2. The first-order valence-electron chi connectivity index (χ1n) is 10.4. The summed E-state index contributed by atoms with van der Waals surface area (Å²) in [5.74, 6) is -0.633. The lowest BCUT2D eigenvalue weighted by Gasteiger charge is -2.56. The summed E-state index contributed by atoms with van der Waals surface area (Å²) >= 11 is 0. The molecule has 156 valence electrons. The first-order chi connectivity index (χ1) is 13.0. The van der Waals surface area contributed by atoms with Crippen molar-refractivity contribution in [1.29, 1.82) is 0 Å². The zero-order valence-electron chi connectivity index (χ0n) is 17.9. The highest BCUT2D eigenvalue weighted by molar-refractivity contribution is 5.92. The summed E-state index contributed by atoms with van der Waals surface area (Å²) in [4.78, 5) is 36.7. The number of ether oxygens (including phenoxy) is 2. The fourth-order valence-corrected chi connectivity index (χ4v) is 5.68. The Morgan fingerprint density at radius 3 is 2.50 bits per heavy atom. The van der Waals surface area contributed by atoms with Crippen LogP contribution in [0.1, 0.15) is 67.2 Å². The minimum atomic E-state index is -0.673. The molecule has 3 aliphatic rings. The van der Waals surface area contributed by atoms with Crippen molar-refractivity contribution in [3.8, 4) is 0 Å². The number of esters is 2. The first kappa shape index (κ1) is 20.9. The second kappa shape index (κ2) is 7.20. The molecule has 3 rings (SSSR count). The average Bonchev–Trinajstić information content (AvgIpc) is 2.97. The Balaban J connectivity index is 1.93. The highest BCUT2D eigenvalue weighted by Gasteiger charge is 2.59. The van der Waals surface area contributed by atoms with Gasteiger partial charge in [-0.05, 0) is 48.5 Å². The van der Waals surface area contributed by atoms with E-state index < -0.39 is 17.4 Å². The van der Waals surface area contributed by atoms with Gasteiger partial charge in [-0.1, -0.05) is 34.6 Å². The van der Waals surface area contributed by atoms with E-state index in [1.165, 1.54) is 6.92 Å². The van der Waals surface area contributed by atoms with Crippen LogP contribution in [0.5, 0.6) is 0 Å². The van der Waals surface area contributed by atoms with Crippen LogP contribution in [0, 0.1) is 22.7 Å². The molecule has 0 aromatic heterocycles. The summed E-state index contributed by atoms with van der Waals surface area (Å²) in [7, 11) is 0. The van der Waals surface area contributed by atoms with Crippen molar-refractivity contribution < 1.29 is 23.9 Å². The van der Waals surface area contributed by atoms with Crippen molar-refractivity contribution in [2.45, 2.75) is 79.4 Å². The largest absolute Gasteiger partial charge is 0.460 e. The molecule has 1 amide bonds. The van der Waals surface area contributed by atoms with Gasteiger partial charge in [-0.3, -0.25) is 4.79 Å². The van der Waals surface area contributed by atoms with Crippen molar-refractivity contribution in [3.63, 3.8) is 0 Å². The van der Waals surface area contributed by atoms with Crippen molar-refractivity contribution in [3.05, 3.63) is 11.1 Å². The zero-order chi connectivity index (χ0) is 20.9. The fraction of sp³-hybridized carbons (Fsp3) is 0.773. The van der Waals surface area contributed by atoms with Crippen molar-refractivity contribution in [2.75, 3.05) is 6.61 Å². The number of carbonyl (C=O) groups excluding carboxylic acids is 3. The number of hydrogen-bond donors (Lipinski definition) is 1. The molecule has 4 atom stereocenters. The van der Waals surface area contributed by atoms with E-state index in [9.17, 15) is 14.4 Å². The van der Waals surface area contributed by atoms with Gasteiger partial charge in [-0.15, -0.1) is 0 Å². The fourth-order valence-electron chi connectivity index (χ4n) is 5.68. The number of fused-ring (bicyclic) bond motifs is 2. The summed E-state index contributed by atoms with van der Waals surface area (Å²) in [5, 5.41) is 2.72. The van der Waals surface area contributed by atoms with Crippen LogP contribution in [0.4, 0.5) is 0 Å². The molecular formula is C22H33NO5. The minimum Gasteiger partial charge on any atom is -0.460 e. The van der Waals surface area contributed by atoms with Gasteiger partial charge in [0.1, 0.15) is 18.8 Å². The van der Waals surface area contributed by atoms with Gasteiger partial charge in [-0.25, -0.2) is 9.59 Å². The number of amides is 1. The number of carbonyl (C=O) groups is 3. The van der Waals surface area contributed by atoms with Crippen molar-refractivity contribution in [1.82, 2.24) is 5.32 Å². The van der Waals surface area contributed by atoms with Gasteiger partial charge in [-0.2, -0.15) is 0 Å². The maximum atomic E-state index is 13.0. The Hall–Kier alpha value is -1.85. The Morgan fingerprint density at radius 2 is 1.89 bits per heavy atom. The quantitative estimate of drug-likeness (QED) is 0.745.